The maximum Gasteiger partial charge on any atom is 0.175 e. The number of benzene rings is 3. The summed E-state index contributed by atoms with van der Waals surface area (Å²) in [7, 11) is -3.26. The van der Waals surface area contributed by atoms with Gasteiger partial charge in [-0.3, -0.25) is 5.10 Å². The first kappa shape index (κ1) is 21.3. The summed E-state index contributed by atoms with van der Waals surface area (Å²) in [6, 6.07) is 24.2. The van der Waals surface area contributed by atoms with E-state index in [1.807, 2.05) is 54.6 Å². The number of nitrogens with one attached hydrogen (secondary N) is 1. The monoisotopic (exact) mass is 452 g/mol. The molecule has 3 aromatic carbocycles. The van der Waals surface area contributed by atoms with Gasteiger partial charge in [-0.05, 0) is 35.4 Å². The maximum absolute atomic E-state index is 11.8. The number of hydrogen-bond acceptors (Lipinski definition) is 4. The second-order valence-corrected chi connectivity index (χ2v) is 9.66. The molecule has 0 radical (unpaired) electrons. The van der Waals surface area contributed by atoms with Crippen molar-refractivity contribution in [2.45, 2.75) is 18.1 Å². The third kappa shape index (κ3) is 5.05. The molecular weight excluding hydrogens is 432 g/mol. The van der Waals surface area contributed by atoms with Crippen LogP contribution in [0.1, 0.15) is 11.3 Å². The van der Waals surface area contributed by atoms with Crippen molar-refractivity contribution < 1.29 is 13.2 Å². The molecule has 0 amide bonds. The zero-order chi connectivity index (χ0) is 21.8. The van der Waals surface area contributed by atoms with Gasteiger partial charge in [0, 0.05) is 22.4 Å². The van der Waals surface area contributed by atoms with Crippen molar-refractivity contribution in [1.29, 1.82) is 0 Å². The summed E-state index contributed by atoms with van der Waals surface area (Å²) < 4.78 is 29.5. The number of ether oxygens (including phenoxy) is 1. The van der Waals surface area contributed by atoms with Crippen molar-refractivity contribution >= 4 is 21.4 Å². The minimum Gasteiger partial charge on any atom is -0.370 e. The van der Waals surface area contributed by atoms with Crippen LogP contribution in [0.15, 0.2) is 83.8 Å². The SMILES string of the molecule is CS(=O)(=O)c1ccc(-c2n[nH]c(COCc3ccccc3)c2-c2ccc(Cl)cc2)cc1. The average Bonchev–Trinajstić information content (AvgIpc) is 3.18. The van der Waals surface area contributed by atoms with Gasteiger partial charge >= 0.3 is 0 Å². The molecule has 0 aliphatic carbocycles. The summed E-state index contributed by atoms with van der Waals surface area (Å²) in [6.45, 7) is 0.833. The van der Waals surface area contributed by atoms with Gasteiger partial charge in [0.15, 0.2) is 9.84 Å². The number of nitrogens with zero attached hydrogens (tertiary/aromatic N) is 1. The molecule has 0 saturated carbocycles. The molecule has 0 fully saturated rings. The van der Waals surface area contributed by atoms with Crippen molar-refractivity contribution in [2.75, 3.05) is 6.26 Å². The van der Waals surface area contributed by atoms with Crippen LogP contribution in [-0.4, -0.2) is 24.9 Å². The zero-order valence-corrected chi connectivity index (χ0v) is 18.5. The number of aromatic nitrogens is 2. The highest BCUT2D eigenvalue weighted by Gasteiger charge is 2.18. The van der Waals surface area contributed by atoms with Crippen molar-refractivity contribution in [3.63, 3.8) is 0 Å². The number of sulfone groups is 1. The molecule has 0 spiro atoms. The van der Waals surface area contributed by atoms with Crippen LogP contribution in [0.2, 0.25) is 5.02 Å². The standard InChI is InChI=1S/C24H21ClN2O3S/c1-31(28,29)21-13-9-19(10-14-21)24-23(18-7-11-20(25)12-8-18)22(26-27-24)16-30-15-17-5-3-2-4-6-17/h2-14H,15-16H2,1H3,(H,26,27). The van der Waals surface area contributed by atoms with Gasteiger partial charge in [0.05, 0.1) is 23.8 Å². The molecule has 0 saturated heterocycles. The first-order chi connectivity index (χ1) is 14.9. The Morgan fingerprint density at radius 3 is 2.16 bits per heavy atom. The highest BCUT2D eigenvalue weighted by atomic mass is 35.5. The number of H-pyrrole nitrogens is 1. The van der Waals surface area contributed by atoms with E-state index in [1.165, 1.54) is 6.26 Å². The molecule has 1 N–H and O–H groups in total. The molecular formula is C24H21ClN2O3S. The van der Waals surface area contributed by atoms with Crippen LogP contribution in [0.25, 0.3) is 22.4 Å². The Kier molecular flexibility index (Phi) is 6.23. The Bertz CT molecular complexity index is 1270. The predicted octanol–water partition coefficient (Wildman–Crippen LogP) is 5.52. The third-order valence-corrected chi connectivity index (χ3v) is 6.27. The van der Waals surface area contributed by atoms with Gasteiger partial charge < -0.3 is 4.74 Å². The van der Waals surface area contributed by atoms with Crippen LogP contribution in [0.4, 0.5) is 0 Å². The first-order valence-corrected chi connectivity index (χ1v) is 11.9. The number of rotatable bonds is 7. The molecule has 0 atom stereocenters. The Labute approximate surface area is 186 Å². The van der Waals surface area contributed by atoms with E-state index in [-0.39, 0.29) is 4.90 Å². The van der Waals surface area contributed by atoms with E-state index in [1.54, 1.807) is 24.3 Å². The van der Waals surface area contributed by atoms with Crippen LogP contribution in [0.3, 0.4) is 0 Å². The molecule has 4 rings (SSSR count). The molecule has 0 aliphatic rings. The summed E-state index contributed by atoms with van der Waals surface area (Å²) >= 11 is 6.08. The van der Waals surface area contributed by atoms with Gasteiger partial charge in [-0.25, -0.2) is 8.42 Å². The minimum absolute atomic E-state index is 0.270. The lowest BCUT2D eigenvalue weighted by molar-refractivity contribution is 0.105. The van der Waals surface area contributed by atoms with Gasteiger partial charge in [-0.15, -0.1) is 0 Å². The van der Waals surface area contributed by atoms with E-state index in [4.69, 9.17) is 16.3 Å². The summed E-state index contributed by atoms with van der Waals surface area (Å²) in [5.74, 6) is 0. The van der Waals surface area contributed by atoms with Gasteiger partial charge in [0.25, 0.3) is 0 Å². The van der Waals surface area contributed by atoms with Crippen molar-refractivity contribution in [3.05, 3.63) is 95.1 Å². The molecule has 158 valence electrons. The Morgan fingerprint density at radius 2 is 1.52 bits per heavy atom. The summed E-state index contributed by atoms with van der Waals surface area (Å²) in [5.41, 5.74) is 5.30. The number of halogens is 1. The predicted molar refractivity (Wildman–Crippen MR) is 123 cm³/mol. The molecule has 31 heavy (non-hydrogen) atoms. The maximum atomic E-state index is 11.8. The second kappa shape index (κ2) is 9.06. The lowest BCUT2D eigenvalue weighted by Crippen LogP contribution is -1.97. The highest BCUT2D eigenvalue weighted by Crippen LogP contribution is 2.34. The zero-order valence-electron chi connectivity index (χ0n) is 16.9. The van der Waals surface area contributed by atoms with Crippen molar-refractivity contribution in [2.24, 2.45) is 0 Å². The summed E-state index contributed by atoms with van der Waals surface area (Å²) in [5, 5.41) is 8.25. The van der Waals surface area contributed by atoms with E-state index >= 15 is 0 Å². The van der Waals surface area contributed by atoms with Crippen LogP contribution in [0.5, 0.6) is 0 Å². The van der Waals surface area contributed by atoms with Crippen LogP contribution < -0.4 is 0 Å². The lowest BCUT2D eigenvalue weighted by Gasteiger charge is -2.09. The minimum atomic E-state index is -3.26. The van der Waals surface area contributed by atoms with E-state index in [2.05, 4.69) is 10.2 Å². The van der Waals surface area contributed by atoms with E-state index < -0.39 is 9.84 Å². The van der Waals surface area contributed by atoms with Crippen LogP contribution >= 0.6 is 11.6 Å². The van der Waals surface area contributed by atoms with E-state index in [0.29, 0.717) is 18.2 Å². The Morgan fingerprint density at radius 1 is 0.871 bits per heavy atom. The second-order valence-electron chi connectivity index (χ2n) is 7.21. The average molecular weight is 453 g/mol. The molecule has 5 nitrogen and oxygen atoms in total. The fraction of sp³-hybridized carbons (Fsp3) is 0.125. The van der Waals surface area contributed by atoms with E-state index in [9.17, 15) is 8.42 Å². The summed E-state index contributed by atoms with van der Waals surface area (Å²) in [4.78, 5) is 0.270. The molecule has 0 bridgehead atoms. The molecule has 1 heterocycles. The Hall–Kier alpha value is -2.93. The first-order valence-electron chi connectivity index (χ1n) is 9.67. The highest BCUT2D eigenvalue weighted by molar-refractivity contribution is 7.90. The van der Waals surface area contributed by atoms with Gasteiger partial charge in [0.1, 0.15) is 5.69 Å². The number of aromatic amines is 1. The largest absolute Gasteiger partial charge is 0.370 e. The molecule has 1 aromatic heterocycles. The van der Waals surface area contributed by atoms with Gasteiger partial charge in [-0.1, -0.05) is 66.2 Å². The molecule has 0 unspecified atom stereocenters. The van der Waals surface area contributed by atoms with Crippen LogP contribution in [-0.2, 0) is 27.8 Å². The quantitative estimate of drug-likeness (QED) is 0.401. The van der Waals surface area contributed by atoms with Crippen molar-refractivity contribution in [1.82, 2.24) is 10.2 Å². The van der Waals surface area contributed by atoms with Gasteiger partial charge in [0.2, 0.25) is 0 Å². The number of hydrogen-bond donors (Lipinski definition) is 1. The molecule has 7 heteroatoms. The summed E-state index contributed by atoms with van der Waals surface area (Å²) in [6.07, 6.45) is 1.19. The lowest BCUT2D eigenvalue weighted by atomic mass is 9.99. The fourth-order valence-electron chi connectivity index (χ4n) is 3.32. The van der Waals surface area contributed by atoms with Gasteiger partial charge in [-0.2, -0.15) is 5.10 Å². The van der Waals surface area contributed by atoms with Crippen molar-refractivity contribution in [3.8, 4) is 22.4 Å². The molecule has 0 aliphatic heterocycles. The van der Waals surface area contributed by atoms with Crippen LogP contribution in [0, 0.1) is 0 Å². The third-order valence-electron chi connectivity index (χ3n) is 4.89. The fourth-order valence-corrected chi connectivity index (χ4v) is 4.08. The Balaban J connectivity index is 1.67. The smallest absolute Gasteiger partial charge is 0.175 e. The topological polar surface area (TPSA) is 72.0 Å². The molecule has 4 aromatic rings. The van der Waals surface area contributed by atoms with E-state index in [0.717, 1.165) is 33.6 Å². The normalized spacial score (nSPS) is 11.5.